The third-order valence-corrected chi connectivity index (χ3v) is 4.53. The Bertz CT molecular complexity index is 634. The van der Waals surface area contributed by atoms with E-state index in [0.29, 0.717) is 31.9 Å². The largest absolute Gasteiger partial charge is 0.379 e. The van der Waals surface area contributed by atoms with E-state index >= 15 is 0 Å². The molecule has 2 N–H and O–H groups in total. The van der Waals surface area contributed by atoms with E-state index in [1.165, 1.54) is 0 Å². The molecule has 1 aromatic carbocycles. The molecule has 0 radical (unpaired) electrons. The summed E-state index contributed by atoms with van der Waals surface area (Å²) in [4.78, 5) is 26.1. The first kappa shape index (κ1) is 16.7. The van der Waals surface area contributed by atoms with E-state index in [2.05, 4.69) is 10.6 Å². The third kappa shape index (κ3) is 3.37. The van der Waals surface area contributed by atoms with Gasteiger partial charge in [0.05, 0.1) is 18.8 Å². The van der Waals surface area contributed by atoms with Gasteiger partial charge in [0.1, 0.15) is 0 Å². The van der Waals surface area contributed by atoms with Crippen LogP contribution in [0, 0.1) is 6.92 Å². The number of ether oxygens (including phenoxy) is 2. The Labute approximate surface area is 141 Å². The second-order valence-corrected chi connectivity index (χ2v) is 6.10. The van der Waals surface area contributed by atoms with E-state index in [1.807, 2.05) is 13.0 Å². The van der Waals surface area contributed by atoms with E-state index in [1.54, 1.807) is 24.1 Å². The lowest BCUT2D eigenvalue weighted by Crippen LogP contribution is -2.50. The van der Waals surface area contributed by atoms with Crippen molar-refractivity contribution in [3.63, 3.8) is 0 Å². The summed E-state index contributed by atoms with van der Waals surface area (Å²) in [7, 11) is 1.64. The first-order valence-corrected chi connectivity index (χ1v) is 8.17. The number of carbonyl (C=O) groups is 2. The number of nitrogens with zero attached hydrogens (tertiary/aromatic N) is 1. The minimum Gasteiger partial charge on any atom is -0.379 e. The van der Waals surface area contributed by atoms with Gasteiger partial charge in [0.15, 0.2) is 0 Å². The molecular formula is C17H23N3O4. The lowest BCUT2D eigenvalue weighted by Gasteiger charge is -2.31. The maximum absolute atomic E-state index is 12.6. The fourth-order valence-corrected chi connectivity index (χ4v) is 3.13. The van der Waals surface area contributed by atoms with Crippen LogP contribution < -0.4 is 15.5 Å². The molecule has 3 rings (SSSR count). The highest BCUT2D eigenvalue weighted by Crippen LogP contribution is 2.23. The van der Waals surface area contributed by atoms with Crippen molar-refractivity contribution < 1.29 is 19.1 Å². The highest BCUT2D eigenvalue weighted by atomic mass is 16.5. The summed E-state index contributed by atoms with van der Waals surface area (Å²) in [5, 5.41) is 5.75. The van der Waals surface area contributed by atoms with Crippen molar-refractivity contribution in [3.05, 3.63) is 29.3 Å². The highest BCUT2D eigenvalue weighted by Gasteiger charge is 2.28. The monoisotopic (exact) mass is 333 g/mol. The minimum absolute atomic E-state index is 0.0445. The molecular weight excluding hydrogens is 310 g/mol. The summed E-state index contributed by atoms with van der Waals surface area (Å²) in [6.45, 7) is 4.23. The van der Waals surface area contributed by atoms with Gasteiger partial charge >= 0.3 is 6.03 Å². The number of aryl methyl sites for hydroxylation is 1. The lowest BCUT2D eigenvalue weighted by atomic mass is 10.0. The lowest BCUT2D eigenvalue weighted by molar-refractivity contribution is -0.0349. The first-order valence-electron chi connectivity index (χ1n) is 8.17. The summed E-state index contributed by atoms with van der Waals surface area (Å²) in [5.41, 5.74) is 2.25. The Balaban J connectivity index is 1.76. The van der Waals surface area contributed by atoms with Crippen LogP contribution in [0.2, 0.25) is 0 Å². The number of benzene rings is 1. The van der Waals surface area contributed by atoms with Crippen LogP contribution in [-0.2, 0) is 9.47 Å². The predicted octanol–water partition coefficient (Wildman–Crippen LogP) is 1.06. The average Bonchev–Trinajstić information content (AvgIpc) is 3.01. The summed E-state index contributed by atoms with van der Waals surface area (Å²) in [5.74, 6) is -0.187. The van der Waals surface area contributed by atoms with Crippen LogP contribution in [0.5, 0.6) is 0 Å². The number of rotatable bonds is 4. The molecule has 1 aromatic rings. The first-order chi connectivity index (χ1) is 11.6. The standard InChI is InChI=1S/C17H23N3O4/c1-11-3-4-12(9-14(11)20-7-6-18-17(20)22)16(21)19-13-10-24-8-5-15(13)23-2/h3-4,9,13,15H,5-8,10H2,1-2H3,(H,18,22)(H,19,21)/t13-,15-/m1/s1. The highest BCUT2D eigenvalue weighted by molar-refractivity contribution is 5.99. The van der Waals surface area contributed by atoms with Crippen LogP contribution in [0.3, 0.4) is 0 Å². The van der Waals surface area contributed by atoms with E-state index in [4.69, 9.17) is 9.47 Å². The zero-order valence-corrected chi connectivity index (χ0v) is 14.0. The SMILES string of the molecule is CO[C@@H]1CCOC[C@H]1NC(=O)c1ccc(C)c(N2CCNC2=O)c1. The molecule has 2 heterocycles. The number of hydrogen-bond donors (Lipinski definition) is 2. The molecule has 130 valence electrons. The van der Waals surface area contributed by atoms with Gasteiger partial charge in [-0.05, 0) is 31.0 Å². The summed E-state index contributed by atoms with van der Waals surface area (Å²) in [6, 6.07) is 5.10. The smallest absolute Gasteiger partial charge is 0.322 e. The van der Waals surface area contributed by atoms with Crippen molar-refractivity contribution in [2.45, 2.75) is 25.5 Å². The Kier molecular flexibility index (Phi) is 5.01. The fourth-order valence-electron chi connectivity index (χ4n) is 3.13. The fraction of sp³-hybridized carbons (Fsp3) is 0.529. The zero-order valence-electron chi connectivity index (χ0n) is 14.0. The number of urea groups is 1. The molecule has 2 fully saturated rings. The number of carbonyl (C=O) groups excluding carboxylic acids is 2. The zero-order chi connectivity index (χ0) is 17.1. The van der Waals surface area contributed by atoms with Crippen LogP contribution >= 0.6 is 0 Å². The maximum atomic E-state index is 12.6. The number of amides is 3. The second kappa shape index (κ2) is 7.19. The van der Waals surface area contributed by atoms with Gasteiger partial charge in [0.25, 0.3) is 5.91 Å². The number of methoxy groups -OCH3 is 1. The van der Waals surface area contributed by atoms with Crippen LogP contribution in [0.1, 0.15) is 22.3 Å². The van der Waals surface area contributed by atoms with Crippen molar-refractivity contribution in [1.29, 1.82) is 0 Å². The minimum atomic E-state index is -0.187. The Hall–Kier alpha value is -2.12. The van der Waals surface area contributed by atoms with Crippen molar-refractivity contribution in [1.82, 2.24) is 10.6 Å². The Morgan fingerprint density at radius 1 is 1.46 bits per heavy atom. The van der Waals surface area contributed by atoms with Crippen molar-refractivity contribution >= 4 is 17.6 Å². The molecule has 3 amide bonds. The molecule has 0 saturated carbocycles. The molecule has 0 spiro atoms. The molecule has 2 atom stereocenters. The average molecular weight is 333 g/mol. The quantitative estimate of drug-likeness (QED) is 0.863. The van der Waals surface area contributed by atoms with Gasteiger partial charge < -0.3 is 20.1 Å². The molecule has 2 saturated heterocycles. The van der Waals surface area contributed by atoms with Crippen molar-refractivity contribution in [3.8, 4) is 0 Å². The summed E-state index contributed by atoms with van der Waals surface area (Å²) >= 11 is 0. The molecule has 24 heavy (non-hydrogen) atoms. The second-order valence-electron chi connectivity index (χ2n) is 6.10. The number of hydrogen-bond acceptors (Lipinski definition) is 4. The molecule has 0 aliphatic carbocycles. The van der Waals surface area contributed by atoms with Crippen LogP contribution in [-0.4, -0.2) is 57.5 Å². The van der Waals surface area contributed by atoms with Gasteiger partial charge in [-0.1, -0.05) is 6.07 Å². The molecule has 0 unspecified atom stereocenters. The molecule has 2 aliphatic heterocycles. The van der Waals surface area contributed by atoms with Gasteiger partial charge in [-0.25, -0.2) is 4.79 Å². The third-order valence-electron chi connectivity index (χ3n) is 4.53. The molecule has 0 bridgehead atoms. The van der Waals surface area contributed by atoms with Gasteiger partial charge in [0.2, 0.25) is 0 Å². The summed E-state index contributed by atoms with van der Waals surface area (Å²) in [6.07, 6.45) is 0.714. The van der Waals surface area contributed by atoms with E-state index in [0.717, 1.165) is 17.7 Å². The maximum Gasteiger partial charge on any atom is 0.322 e. The van der Waals surface area contributed by atoms with E-state index < -0.39 is 0 Å². The molecule has 2 aliphatic rings. The van der Waals surface area contributed by atoms with Crippen LogP contribution in [0.25, 0.3) is 0 Å². The molecule has 0 aromatic heterocycles. The van der Waals surface area contributed by atoms with Gasteiger partial charge in [-0.15, -0.1) is 0 Å². The topological polar surface area (TPSA) is 79.9 Å². The Morgan fingerprint density at radius 2 is 2.29 bits per heavy atom. The van der Waals surface area contributed by atoms with Crippen LogP contribution in [0.4, 0.5) is 10.5 Å². The summed E-state index contributed by atoms with van der Waals surface area (Å²) < 4.78 is 10.9. The van der Waals surface area contributed by atoms with Gasteiger partial charge in [-0.3, -0.25) is 9.69 Å². The number of anilines is 1. The number of nitrogens with one attached hydrogen (secondary N) is 2. The van der Waals surface area contributed by atoms with Gasteiger partial charge in [0, 0.05) is 38.1 Å². The van der Waals surface area contributed by atoms with Gasteiger partial charge in [-0.2, -0.15) is 0 Å². The van der Waals surface area contributed by atoms with Crippen LogP contribution in [0.15, 0.2) is 18.2 Å². The predicted molar refractivity (Wildman–Crippen MR) is 89.4 cm³/mol. The van der Waals surface area contributed by atoms with Crippen molar-refractivity contribution in [2.24, 2.45) is 0 Å². The molecule has 7 heteroatoms. The Morgan fingerprint density at radius 3 is 3.00 bits per heavy atom. The van der Waals surface area contributed by atoms with E-state index in [-0.39, 0.29) is 24.1 Å². The van der Waals surface area contributed by atoms with E-state index in [9.17, 15) is 9.59 Å². The molecule has 7 nitrogen and oxygen atoms in total. The normalized spacial score (nSPS) is 23.9. The van der Waals surface area contributed by atoms with Crippen molar-refractivity contribution in [2.75, 3.05) is 38.3 Å².